The molecule has 4 aromatic heterocycles. The zero-order valence-corrected chi connectivity index (χ0v) is 18.4. The summed E-state index contributed by atoms with van der Waals surface area (Å²) in [6, 6.07) is 23.1. The van der Waals surface area contributed by atoms with E-state index in [0.29, 0.717) is 0 Å². The van der Waals surface area contributed by atoms with Gasteiger partial charge < -0.3 is 9.97 Å². The quantitative estimate of drug-likeness (QED) is 0.276. The van der Waals surface area contributed by atoms with Crippen molar-refractivity contribution in [2.75, 3.05) is 0 Å². The van der Waals surface area contributed by atoms with Crippen LogP contribution in [0.15, 0.2) is 72.1 Å². The molecule has 33 heavy (non-hydrogen) atoms. The Kier molecular flexibility index (Phi) is 3.98. The smallest absolute Gasteiger partial charge is 0.0737 e. The molecule has 2 N–H and O–H groups in total. The molecular formula is C28H18N4S. The Hall–Kier alpha value is -4.22. The van der Waals surface area contributed by atoms with Gasteiger partial charge in [-0.25, -0.2) is 9.97 Å². The van der Waals surface area contributed by atoms with Gasteiger partial charge in [0.05, 0.1) is 22.8 Å². The van der Waals surface area contributed by atoms with Crippen molar-refractivity contribution in [1.29, 1.82) is 0 Å². The number of hydrogen-bond donors (Lipinski definition) is 2. The maximum atomic E-state index is 5.00. The lowest BCUT2D eigenvalue weighted by molar-refractivity contribution is 1.31. The fraction of sp³-hybridized carbons (Fsp3) is 0. The van der Waals surface area contributed by atoms with Crippen molar-refractivity contribution in [3.8, 4) is 11.1 Å². The molecule has 0 fully saturated rings. The van der Waals surface area contributed by atoms with Gasteiger partial charge in [-0.1, -0.05) is 18.2 Å². The van der Waals surface area contributed by atoms with E-state index in [1.54, 1.807) is 11.3 Å². The zero-order valence-electron chi connectivity index (χ0n) is 17.5. The third-order valence-electron chi connectivity index (χ3n) is 5.97. The average molecular weight is 443 g/mol. The molecule has 156 valence electrons. The van der Waals surface area contributed by atoms with Gasteiger partial charge in [-0.15, -0.1) is 11.3 Å². The van der Waals surface area contributed by atoms with Gasteiger partial charge in [0.2, 0.25) is 0 Å². The molecule has 0 aliphatic carbocycles. The van der Waals surface area contributed by atoms with Crippen LogP contribution in [0.1, 0.15) is 22.8 Å². The van der Waals surface area contributed by atoms with Crippen molar-refractivity contribution >= 4 is 67.8 Å². The number of hydrogen-bond acceptors (Lipinski definition) is 3. The summed E-state index contributed by atoms with van der Waals surface area (Å²) < 4.78 is 1.27. The first kappa shape index (κ1) is 18.4. The highest BCUT2D eigenvalue weighted by molar-refractivity contribution is 7.17. The Morgan fingerprint density at radius 2 is 1.30 bits per heavy atom. The van der Waals surface area contributed by atoms with Crippen LogP contribution in [0.5, 0.6) is 0 Å². The molecular weight excluding hydrogens is 424 g/mol. The third kappa shape index (κ3) is 3.22. The minimum Gasteiger partial charge on any atom is -0.355 e. The van der Waals surface area contributed by atoms with E-state index in [1.165, 1.54) is 15.6 Å². The second-order valence-electron chi connectivity index (χ2n) is 8.20. The molecule has 1 aromatic carbocycles. The molecule has 0 spiro atoms. The monoisotopic (exact) mass is 442 g/mol. The van der Waals surface area contributed by atoms with E-state index in [2.05, 4.69) is 94.2 Å². The van der Waals surface area contributed by atoms with Gasteiger partial charge in [-0.05, 0) is 78.2 Å². The zero-order chi connectivity index (χ0) is 21.8. The average Bonchev–Trinajstić information content (AvgIpc) is 3.63. The number of thiophene rings is 1. The number of aromatic amines is 2. The number of rotatable bonds is 1. The molecule has 7 rings (SSSR count). The van der Waals surface area contributed by atoms with Crippen molar-refractivity contribution in [1.82, 2.24) is 19.9 Å². The van der Waals surface area contributed by atoms with Crippen LogP contribution in [0.4, 0.5) is 0 Å². The normalized spacial score (nSPS) is 12.6. The molecule has 8 bridgehead atoms. The molecule has 5 heteroatoms. The molecule has 0 atom stereocenters. The Morgan fingerprint density at radius 1 is 0.636 bits per heavy atom. The number of nitrogens with one attached hydrogen (secondary N) is 2. The van der Waals surface area contributed by atoms with Gasteiger partial charge in [-0.3, -0.25) is 0 Å². The molecule has 0 saturated carbocycles. The lowest BCUT2D eigenvalue weighted by Gasteiger charge is -2.02. The topological polar surface area (TPSA) is 57.4 Å². The lowest BCUT2D eigenvalue weighted by atomic mass is 10.0. The van der Waals surface area contributed by atoms with Gasteiger partial charge in [0, 0.05) is 43.3 Å². The first-order valence-corrected chi connectivity index (χ1v) is 11.7. The van der Waals surface area contributed by atoms with E-state index in [0.717, 1.165) is 50.4 Å². The predicted molar refractivity (Wildman–Crippen MR) is 140 cm³/mol. The van der Waals surface area contributed by atoms with Crippen LogP contribution < -0.4 is 0 Å². The van der Waals surface area contributed by atoms with Crippen LogP contribution in [-0.4, -0.2) is 19.9 Å². The summed E-state index contributed by atoms with van der Waals surface area (Å²) in [6.07, 6.45) is 8.27. The van der Waals surface area contributed by atoms with Crippen molar-refractivity contribution in [3.05, 3.63) is 94.9 Å². The van der Waals surface area contributed by atoms with Gasteiger partial charge in [-0.2, -0.15) is 0 Å². The second-order valence-corrected chi connectivity index (χ2v) is 9.11. The molecule has 6 heterocycles. The van der Waals surface area contributed by atoms with E-state index in [-0.39, 0.29) is 0 Å². The Bertz CT molecular complexity index is 1780. The Morgan fingerprint density at radius 3 is 2.12 bits per heavy atom. The summed E-state index contributed by atoms with van der Waals surface area (Å²) in [4.78, 5) is 16.8. The number of fused-ring (bicyclic) bond motifs is 9. The molecule has 5 aromatic rings. The van der Waals surface area contributed by atoms with Crippen LogP contribution >= 0.6 is 11.3 Å². The van der Waals surface area contributed by atoms with Crippen LogP contribution in [-0.2, 0) is 0 Å². The lowest BCUT2D eigenvalue weighted by Crippen LogP contribution is -1.84. The van der Waals surface area contributed by atoms with Crippen molar-refractivity contribution in [2.24, 2.45) is 0 Å². The summed E-state index contributed by atoms with van der Waals surface area (Å²) in [5.41, 5.74) is 10.1. The van der Waals surface area contributed by atoms with E-state index >= 15 is 0 Å². The van der Waals surface area contributed by atoms with Crippen LogP contribution in [0, 0.1) is 0 Å². The van der Waals surface area contributed by atoms with Gasteiger partial charge in [0.25, 0.3) is 0 Å². The molecule has 4 nitrogen and oxygen atoms in total. The molecule has 0 saturated heterocycles. The first-order chi connectivity index (χ1) is 16.3. The minimum absolute atomic E-state index is 0.926. The summed E-state index contributed by atoms with van der Waals surface area (Å²) in [5.74, 6) is 0. The van der Waals surface area contributed by atoms with Crippen molar-refractivity contribution in [2.45, 2.75) is 0 Å². The number of aromatic nitrogens is 4. The number of benzene rings is 1. The predicted octanol–water partition coefficient (Wildman–Crippen LogP) is 7.54. The second kappa shape index (κ2) is 7.15. The highest BCUT2D eigenvalue weighted by Crippen LogP contribution is 2.38. The van der Waals surface area contributed by atoms with E-state index in [9.17, 15) is 0 Å². The fourth-order valence-electron chi connectivity index (χ4n) is 4.46. The van der Waals surface area contributed by atoms with E-state index in [1.807, 2.05) is 12.2 Å². The van der Waals surface area contributed by atoms with Crippen LogP contribution in [0.3, 0.4) is 0 Å². The van der Waals surface area contributed by atoms with Crippen LogP contribution in [0.25, 0.3) is 67.6 Å². The molecule has 0 amide bonds. The summed E-state index contributed by atoms with van der Waals surface area (Å²) in [7, 11) is 0. The Labute approximate surface area is 193 Å². The molecule has 0 radical (unpaired) electrons. The third-order valence-corrected chi connectivity index (χ3v) is 6.93. The van der Waals surface area contributed by atoms with Gasteiger partial charge in [0.1, 0.15) is 0 Å². The highest BCUT2D eigenvalue weighted by Gasteiger charge is 2.14. The maximum Gasteiger partial charge on any atom is 0.0737 e. The highest BCUT2D eigenvalue weighted by atomic mass is 32.1. The summed E-state index contributed by atoms with van der Waals surface area (Å²) in [6.45, 7) is 0. The molecule has 2 aliphatic rings. The standard InChI is InChI=1S/C28H18N4S/c1-2-4-27-23(3-1)24(16-33-27)28-25-11-9-21(31-25)14-19-7-5-17(29-19)13-18-6-8-20(30-18)15-22-10-12-26(28)32-22/h1-16,29,32H. The van der Waals surface area contributed by atoms with E-state index in [4.69, 9.17) is 9.97 Å². The fourth-order valence-corrected chi connectivity index (χ4v) is 5.41. The SMILES string of the molecule is C1=Cc2cc3ccc([nH]3)c(-c3csc4ccccc34)c3nc(cc4ccc(cc1n2)[nH]4)C=C3. The number of nitrogens with zero attached hydrogens (tertiary/aromatic N) is 2. The molecule has 0 unspecified atom stereocenters. The van der Waals surface area contributed by atoms with E-state index < -0.39 is 0 Å². The summed E-state index contributed by atoms with van der Waals surface area (Å²) >= 11 is 1.76. The van der Waals surface area contributed by atoms with Crippen molar-refractivity contribution in [3.63, 3.8) is 0 Å². The van der Waals surface area contributed by atoms with Crippen LogP contribution in [0.2, 0.25) is 0 Å². The largest absolute Gasteiger partial charge is 0.355 e. The number of H-pyrrole nitrogens is 2. The first-order valence-electron chi connectivity index (χ1n) is 10.8. The summed E-state index contributed by atoms with van der Waals surface area (Å²) in [5, 5.41) is 3.48. The molecule has 2 aliphatic heterocycles. The Balaban J connectivity index is 1.61. The minimum atomic E-state index is 0.926. The maximum absolute atomic E-state index is 5.00. The van der Waals surface area contributed by atoms with Crippen molar-refractivity contribution < 1.29 is 0 Å². The van der Waals surface area contributed by atoms with Gasteiger partial charge in [0.15, 0.2) is 0 Å². The van der Waals surface area contributed by atoms with Gasteiger partial charge >= 0.3 is 0 Å².